The van der Waals surface area contributed by atoms with Crippen LogP contribution in [0.3, 0.4) is 0 Å². The molecule has 1 fully saturated rings. The summed E-state index contributed by atoms with van der Waals surface area (Å²) < 4.78 is 4.98. The van der Waals surface area contributed by atoms with Gasteiger partial charge in [-0.1, -0.05) is 0 Å². The molecule has 2 N–H and O–H groups in total. The standard InChI is InChI=1S/C13H26N2O2/c1-13(8-4-6-10-15-13)12(16)14-9-5-3-7-11-17-2/h15H,3-11H2,1-2H3,(H,14,16). The fourth-order valence-electron chi connectivity index (χ4n) is 2.20. The molecule has 1 unspecified atom stereocenters. The summed E-state index contributed by atoms with van der Waals surface area (Å²) in [6.45, 7) is 4.55. The second kappa shape index (κ2) is 7.67. The van der Waals surface area contributed by atoms with Crippen LogP contribution in [-0.4, -0.2) is 38.3 Å². The van der Waals surface area contributed by atoms with Gasteiger partial charge in [0, 0.05) is 20.3 Å². The minimum atomic E-state index is -0.342. The van der Waals surface area contributed by atoms with Crippen molar-refractivity contribution in [2.75, 3.05) is 26.8 Å². The molecule has 4 nitrogen and oxygen atoms in total. The van der Waals surface area contributed by atoms with Crippen LogP contribution in [0.4, 0.5) is 0 Å². The van der Waals surface area contributed by atoms with Gasteiger partial charge in [-0.05, 0) is 52.0 Å². The highest BCUT2D eigenvalue weighted by atomic mass is 16.5. The number of methoxy groups -OCH3 is 1. The van der Waals surface area contributed by atoms with E-state index >= 15 is 0 Å². The Labute approximate surface area is 104 Å². The summed E-state index contributed by atoms with van der Waals surface area (Å²) in [6, 6.07) is 0. The lowest BCUT2D eigenvalue weighted by Crippen LogP contribution is -2.57. The zero-order chi connectivity index (χ0) is 12.6. The topological polar surface area (TPSA) is 50.4 Å². The lowest BCUT2D eigenvalue weighted by molar-refractivity contribution is -0.127. The van der Waals surface area contributed by atoms with Gasteiger partial charge in [-0.2, -0.15) is 0 Å². The fourth-order valence-corrected chi connectivity index (χ4v) is 2.20. The van der Waals surface area contributed by atoms with Gasteiger partial charge in [0.2, 0.25) is 5.91 Å². The molecule has 0 aromatic rings. The van der Waals surface area contributed by atoms with Crippen LogP contribution in [0.1, 0.15) is 45.4 Å². The van der Waals surface area contributed by atoms with E-state index in [4.69, 9.17) is 4.74 Å². The summed E-state index contributed by atoms with van der Waals surface area (Å²) in [5.41, 5.74) is -0.342. The number of ether oxygens (including phenoxy) is 1. The van der Waals surface area contributed by atoms with Gasteiger partial charge in [0.05, 0.1) is 5.54 Å². The Kier molecular flexibility index (Phi) is 6.52. The number of carbonyl (C=O) groups excluding carboxylic acids is 1. The van der Waals surface area contributed by atoms with Crippen LogP contribution < -0.4 is 10.6 Å². The molecule has 1 saturated heterocycles. The van der Waals surface area contributed by atoms with Crippen LogP contribution in [0.25, 0.3) is 0 Å². The Balaban J connectivity index is 2.11. The van der Waals surface area contributed by atoms with E-state index in [0.29, 0.717) is 0 Å². The Morgan fingerprint density at radius 3 is 2.82 bits per heavy atom. The van der Waals surface area contributed by atoms with Crippen molar-refractivity contribution < 1.29 is 9.53 Å². The second-order valence-corrected chi connectivity index (χ2v) is 5.03. The minimum Gasteiger partial charge on any atom is -0.385 e. The van der Waals surface area contributed by atoms with E-state index in [0.717, 1.165) is 51.8 Å². The first-order chi connectivity index (χ1) is 8.19. The monoisotopic (exact) mass is 242 g/mol. The number of unbranched alkanes of at least 4 members (excludes halogenated alkanes) is 2. The molecule has 0 saturated carbocycles. The second-order valence-electron chi connectivity index (χ2n) is 5.03. The first-order valence-electron chi connectivity index (χ1n) is 6.71. The van der Waals surface area contributed by atoms with Crippen LogP contribution in [0, 0.1) is 0 Å². The molecule has 1 heterocycles. The Morgan fingerprint density at radius 2 is 2.18 bits per heavy atom. The molecule has 0 radical (unpaired) electrons. The van der Waals surface area contributed by atoms with Gasteiger partial charge in [-0.15, -0.1) is 0 Å². The molecule has 0 bridgehead atoms. The van der Waals surface area contributed by atoms with E-state index in [1.165, 1.54) is 6.42 Å². The van der Waals surface area contributed by atoms with Crippen molar-refractivity contribution in [2.45, 2.75) is 51.0 Å². The Morgan fingerprint density at radius 1 is 1.35 bits per heavy atom. The van der Waals surface area contributed by atoms with Gasteiger partial charge in [-0.25, -0.2) is 0 Å². The van der Waals surface area contributed by atoms with Crippen LogP contribution in [-0.2, 0) is 9.53 Å². The first-order valence-corrected chi connectivity index (χ1v) is 6.71. The molecular weight excluding hydrogens is 216 g/mol. The predicted molar refractivity (Wildman–Crippen MR) is 69.0 cm³/mol. The smallest absolute Gasteiger partial charge is 0.240 e. The number of carbonyl (C=O) groups is 1. The van der Waals surface area contributed by atoms with Crippen molar-refractivity contribution in [1.82, 2.24) is 10.6 Å². The number of hydrogen-bond donors (Lipinski definition) is 2. The van der Waals surface area contributed by atoms with Gasteiger partial charge < -0.3 is 15.4 Å². The minimum absolute atomic E-state index is 0.156. The molecule has 100 valence electrons. The summed E-state index contributed by atoms with van der Waals surface area (Å²) in [7, 11) is 1.72. The van der Waals surface area contributed by atoms with Crippen LogP contribution in [0.2, 0.25) is 0 Å². The maximum absolute atomic E-state index is 12.0. The largest absolute Gasteiger partial charge is 0.385 e. The van der Waals surface area contributed by atoms with Crippen LogP contribution >= 0.6 is 0 Å². The quantitative estimate of drug-likeness (QED) is 0.664. The lowest BCUT2D eigenvalue weighted by Gasteiger charge is -2.33. The van der Waals surface area contributed by atoms with E-state index in [-0.39, 0.29) is 11.4 Å². The van der Waals surface area contributed by atoms with Gasteiger partial charge in [0.1, 0.15) is 0 Å². The summed E-state index contributed by atoms with van der Waals surface area (Å²) >= 11 is 0. The van der Waals surface area contributed by atoms with Gasteiger partial charge in [0.15, 0.2) is 0 Å². The predicted octanol–water partition coefficient (Wildman–Crippen LogP) is 1.45. The summed E-state index contributed by atoms with van der Waals surface area (Å²) in [6.07, 6.45) is 6.48. The highest BCUT2D eigenvalue weighted by molar-refractivity contribution is 5.85. The van der Waals surface area contributed by atoms with E-state index in [9.17, 15) is 4.79 Å². The van der Waals surface area contributed by atoms with Gasteiger partial charge >= 0.3 is 0 Å². The third-order valence-electron chi connectivity index (χ3n) is 3.43. The van der Waals surface area contributed by atoms with Crippen LogP contribution in [0.15, 0.2) is 0 Å². The zero-order valence-electron chi connectivity index (χ0n) is 11.2. The van der Waals surface area contributed by atoms with Gasteiger partial charge in [0.25, 0.3) is 0 Å². The molecule has 0 aliphatic carbocycles. The van der Waals surface area contributed by atoms with E-state index in [1.54, 1.807) is 7.11 Å². The molecule has 1 amide bonds. The van der Waals surface area contributed by atoms with Crippen molar-refractivity contribution in [3.05, 3.63) is 0 Å². The maximum Gasteiger partial charge on any atom is 0.240 e. The maximum atomic E-state index is 12.0. The third-order valence-corrected chi connectivity index (χ3v) is 3.43. The zero-order valence-corrected chi connectivity index (χ0v) is 11.2. The lowest BCUT2D eigenvalue weighted by atomic mass is 9.90. The summed E-state index contributed by atoms with van der Waals surface area (Å²) in [5, 5.41) is 6.35. The molecule has 0 spiro atoms. The number of rotatable bonds is 7. The Hall–Kier alpha value is -0.610. The van der Waals surface area contributed by atoms with Crippen molar-refractivity contribution in [3.63, 3.8) is 0 Å². The number of piperidine rings is 1. The molecule has 0 aromatic heterocycles. The fraction of sp³-hybridized carbons (Fsp3) is 0.923. The van der Waals surface area contributed by atoms with E-state index in [2.05, 4.69) is 10.6 Å². The highest BCUT2D eigenvalue weighted by Crippen LogP contribution is 2.18. The van der Waals surface area contributed by atoms with Crippen molar-refractivity contribution in [3.8, 4) is 0 Å². The molecule has 1 aliphatic rings. The number of hydrogen-bond acceptors (Lipinski definition) is 3. The third kappa shape index (κ3) is 5.04. The molecular formula is C13H26N2O2. The Bertz CT molecular complexity index is 225. The normalized spacial score (nSPS) is 24.6. The molecule has 17 heavy (non-hydrogen) atoms. The highest BCUT2D eigenvalue weighted by Gasteiger charge is 2.33. The SMILES string of the molecule is COCCCCCNC(=O)C1(C)CCCCN1. The van der Waals surface area contributed by atoms with Crippen molar-refractivity contribution in [2.24, 2.45) is 0 Å². The van der Waals surface area contributed by atoms with E-state index < -0.39 is 0 Å². The van der Waals surface area contributed by atoms with Crippen LogP contribution in [0.5, 0.6) is 0 Å². The summed E-state index contributed by atoms with van der Waals surface area (Å²) in [5.74, 6) is 0.156. The average molecular weight is 242 g/mol. The molecule has 1 atom stereocenters. The van der Waals surface area contributed by atoms with Crippen molar-refractivity contribution >= 4 is 5.91 Å². The first kappa shape index (κ1) is 14.5. The molecule has 1 rings (SSSR count). The molecule has 4 heteroatoms. The van der Waals surface area contributed by atoms with Gasteiger partial charge in [-0.3, -0.25) is 4.79 Å². The number of amides is 1. The molecule has 1 aliphatic heterocycles. The number of nitrogens with one attached hydrogen (secondary N) is 2. The molecule has 0 aromatic carbocycles. The average Bonchev–Trinajstić information content (AvgIpc) is 2.34. The van der Waals surface area contributed by atoms with Crippen molar-refractivity contribution in [1.29, 1.82) is 0 Å². The summed E-state index contributed by atoms with van der Waals surface area (Å²) in [4.78, 5) is 12.0. The van der Waals surface area contributed by atoms with E-state index in [1.807, 2.05) is 6.92 Å².